The second-order valence-corrected chi connectivity index (χ2v) is 9.66. The quantitative estimate of drug-likeness (QED) is 0.397. The van der Waals surface area contributed by atoms with Crippen molar-refractivity contribution in [3.8, 4) is 22.5 Å². The maximum absolute atomic E-state index is 14.2. The van der Waals surface area contributed by atoms with Gasteiger partial charge in [0.25, 0.3) is 0 Å². The average Bonchev–Trinajstić information content (AvgIpc) is 3.28. The van der Waals surface area contributed by atoms with E-state index < -0.39 is 15.7 Å². The van der Waals surface area contributed by atoms with Gasteiger partial charge in [0.2, 0.25) is 0 Å². The van der Waals surface area contributed by atoms with E-state index in [2.05, 4.69) is 25.4 Å². The Labute approximate surface area is 195 Å². The standard InChI is InChI=1S/C24H19FN6O2S/c1-34(32,33)18-12-17(13-26-14-18)23-29-24(28-15-21-20(25)8-5-10-27-21)22-19(9-11-31(22)30-23)16-6-3-2-4-7-16/h2-14H,15H2,1H3,(H,28,29,30). The largest absolute Gasteiger partial charge is 0.362 e. The number of benzene rings is 1. The highest BCUT2D eigenvalue weighted by molar-refractivity contribution is 7.90. The number of sulfone groups is 1. The molecule has 0 saturated heterocycles. The Hall–Kier alpha value is -4.18. The molecule has 0 unspecified atom stereocenters. The van der Waals surface area contributed by atoms with Gasteiger partial charge in [-0.15, -0.1) is 5.10 Å². The molecule has 0 aliphatic rings. The van der Waals surface area contributed by atoms with Crippen molar-refractivity contribution in [2.45, 2.75) is 11.4 Å². The number of nitrogens with zero attached hydrogens (tertiary/aromatic N) is 5. The van der Waals surface area contributed by atoms with Gasteiger partial charge >= 0.3 is 0 Å². The third kappa shape index (κ3) is 4.23. The van der Waals surface area contributed by atoms with Gasteiger partial charge in [-0.25, -0.2) is 22.3 Å². The van der Waals surface area contributed by atoms with Crippen molar-refractivity contribution < 1.29 is 12.8 Å². The molecule has 34 heavy (non-hydrogen) atoms. The number of anilines is 1. The van der Waals surface area contributed by atoms with Gasteiger partial charge in [-0.05, 0) is 29.8 Å². The second kappa shape index (κ2) is 8.64. The van der Waals surface area contributed by atoms with E-state index in [1.54, 1.807) is 10.7 Å². The fourth-order valence-corrected chi connectivity index (χ4v) is 4.17. The normalized spacial score (nSPS) is 11.6. The average molecular weight is 475 g/mol. The molecule has 0 bridgehead atoms. The van der Waals surface area contributed by atoms with Crippen LogP contribution in [-0.2, 0) is 16.4 Å². The summed E-state index contributed by atoms with van der Waals surface area (Å²) in [6, 6.07) is 16.0. The number of hydrogen-bond donors (Lipinski definition) is 1. The Balaban J connectivity index is 1.66. The van der Waals surface area contributed by atoms with Crippen molar-refractivity contribution in [2.24, 2.45) is 0 Å². The molecule has 1 aromatic carbocycles. The summed E-state index contributed by atoms with van der Waals surface area (Å²) in [5, 5.41) is 7.77. The first-order chi connectivity index (χ1) is 16.4. The zero-order valence-electron chi connectivity index (χ0n) is 18.1. The Morgan fingerprint density at radius 1 is 1.03 bits per heavy atom. The lowest BCUT2D eigenvalue weighted by Gasteiger charge is -2.12. The van der Waals surface area contributed by atoms with Crippen LogP contribution in [-0.4, -0.2) is 39.2 Å². The lowest BCUT2D eigenvalue weighted by Crippen LogP contribution is -2.09. The molecule has 0 saturated carbocycles. The minimum absolute atomic E-state index is 0.0660. The zero-order chi connectivity index (χ0) is 23.7. The number of nitrogens with one attached hydrogen (secondary N) is 1. The molecule has 8 nitrogen and oxygen atoms in total. The molecule has 0 aliphatic carbocycles. The van der Waals surface area contributed by atoms with Gasteiger partial charge in [0.05, 0.1) is 17.1 Å². The van der Waals surface area contributed by atoms with Gasteiger partial charge < -0.3 is 5.32 Å². The summed E-state index contributed by atoms with van der Waals surface area (Å²) in [5.41, 5.74) is 3.23. The number of rotatable bonds is 6. The number of aromatic nitrogens is 5. The Morgan fingerprint density at radius 2 is 1.85 bits per heavy atom. The molecule has 4 heterocycles. The van der Waals surface area contributed by atoms with E-state index >= 15 is 0 Å². The number of hydrogen-bond acceptors (Lipinski definition) is 7. The fraction of sp³-hybridized carbons (Fsp3) is 0.0833. The Bertz CT molecular complexity index is 1600. The van der Waals surface area contributed by atoms with Crippen molar-refractivity contribution in [1.82, 2.24) is 24.6 Å². The van der Waals surface area contributed by atoms with Crippen LogP contribution in [0.4, 0.5) is 10.2 Å². The van der Waals surface area contributed by atoms with Crippen molar-refractivity contribution in [1.29, 1.82) is 0 Å². The first kappa shape index (κ1) is 21.7. The van der Waals surface area contributed by atoms with Crippen molar-refractivity contribution in [3.05, 3.63) is 90.9 Å². The highest BCUT2D eigenvalue weighted by Crippen LogP contribution is 2.31. The minimum Gasteiger partial charge on any atom is -0.362 e. The van der Waals surface area contributed by atoms with Gasteiger partial charge in [-0.3, -0.25) is 9.97 Å². The lowest BCUT2D eigenvalue weighted by atomic mass is 10.1. The topological polar surface area (TPSA) is 102 Å². The Kier molecular flexibility index (Phi) is 5.50. The van der Waals surface area contributed by atoms with Crippen LogP contribution in [0.3, 0.4) is 0 Å². The van der Waals surface area contributed by atoms with Crippen molar-refractivity contribution >= 4 is 21.2 Å². The van der Waals surface area contributed by atoms with Gasteiger partial charge in [-0.2, -0.15) is 0 Å². The monoisotopic (exact) mass is 474 g/mol. The predicted molar refractivity (Wildman–Crippen MR) is 126 cm³/mol. The first-order valence-corrected chi connectivity index (χ1v) is 12.2. The summed E-state index contributed by atoms with van der Waals surface area (Å²) < 4.78 is 39.9. The molecule has 0 spiro atoms. The van der Waals surface area contributed by atoms with Crippen LogP contribution in [0, 0.1) is 5.82 Å². The van der Waals surface area contributed by atoms with Crippen LogP contribution < -0.4 is 5.32 Å². The van der Waals surface area contributed by atoms with Gasteiger partial charge in [-0.1, -0.05) is 30.3 Å². The van der Waals surface area contributed by atoms with E-state index in [-0.39, 0.29) is 23.0 Å². The van der Waals surface area contributed by atoms with Crippen LogP contribution in [0.25, 0.3) is 28.0 Å². The van der Waals surface area contributed by atoms with Crippen molar-refractivity contribution in [2.75, 3.05) is 11.6 Å². The predicted octanol–water partition coefficient (Wildman–Crippen LogP) is 4.01. The molecular formula is C24H19FN6O2S. The number of fused-ring (bicyclic) bond motifs is 1. The summed E-state index contributed by atoms with van der Waals surface area (Å²) >= 11 is 0. The molecule has 4 aromatic heterocycles. The Morgan fingerprint density at radius 3 is 2.62 bits per heavy atom. The summed E-state index contributed by atoms with van der Waals surface area (Å²) in [6.07, 6.45) is 7.22. The van der Waals surface area contributed by atoms with Crippen LogP contribution in [0.1, 0.15) is 5.69 Å². The molecular weight excluding hydrogens is 455 g/mol. The third-order valence-corrected chi connectivity index (χ3v) is 6.33. The van der Waals surface area contributed by atoms with Gasteiger partial charge in [0, 0.05) is 42.2 Å². The highest BCUT2D eigenvalue weighted by Gasteiger charge is 2.17. The summed E-state index contributed by atoms with van der Waals surface area (Å²) in [6.45, 7) is 0.0970. The minimum atomic E-state index is -3.46. The van der Waals surface area contributed by atoms with Crippen LogP contribution in [0.5, 0.6) is 0 Å². The molecule has 0 fully saturated rings. The van der Waals surface area contributed by atoms with E-state index in [1.807, 2.05) is 36.4 Å². The zero-order valence-corrected chi connectivity index (χ0v) is 18.9. The van der Waals surface area contributed by atoms with Crippen molar-refractivity contribution in [3.63, 3.8) is 0 Å². The third-order valence-electron chi connectivity index (χ3n) is 5.25. The summed E-state index contributed by atoms with van der Waals surface area (Å²) in [5.74, 6) is 0.289. The molecule has 5 rings (SSSR count). The maximum atomic E-state index is 14.2. The second-order valence-electron chi connectivity index (χ2n) is 7.64. The maximum Gasteiger partial charge on any atom is 0.183 e. The van der Waals surface area contributed by atoms with Crippen LogP contribution >= 0.6 is 0 Å². The van der Waals surface area contributed by atoms with E-state index in [0.29, 0.717) is 16.9 Å². The molecule has 0 aliphatic heterocycles. The van der Waals surface area contributed by atoms with E-state index in [1.165, 1.54) is 36.8 Å². The number of pyridine rings is 2. The molecule has 0 atom stereocenters. The summed E-state index contributed by atoms with van der Waals surface area (Å²) in [7, 11) is -3.46. The molecule has 5 aromatic rings. The summed E-state index contributed by atoms with van der Waals surface area (Å²) in [4.78, 5) is 12.9. The smallest absolute Gasteiger partial charge is 0.183 e. The molecule has 10 heteroatoms. The molecule has 0 amide bonds. The van der Waals surface area contributed by atoms with E-state index in [4.69, 9.17) is 0 Å². The molecule has 1 N–H and O–H groups in total. The highest BCUT2D eigenvalue weighted by atomic mass is 32.2. The van der Waals surface area contributed by atoms with Crippen LogP contribution in [0.15, 0.2) is 84.3 Å². The first-order valence-electron chi connectivity index (χ1n) is 10.3. The van der Waals surface area contributed by atoms with E-state index in [9.17, 15) is 12.8 Å². The van der Waals surface area contributed by atoms with E-state index in [0.717, 1.165) is 17.4 Å². The van der Waals surface area contributed by atoms with Gasteiger partial charge in [0.1, 0.15) is 11.3 Å². The lowest BCUT2D eigenvalue weighted by molar-refractivity contribution is 0.601. The number of halogens is 1. The SMILES string of the molecule is CS(=O)(=O)c1cncc(-c2nc(NCc3ncccc3F)c3c(-c4ccccc4)ccn3n2)c1. The van der Waals surface area contributed by atoms with Crippen LogP contribution in [0.2, 0.25) is 0 Å². The molecule has 0 radical (unpaired) electrons. The van der Waals surface area contributed by atoms with Gasteiger partial charge in [0.15, 0.2) is 21.5 Å². The fourth-order valence-electron chi connectivity index (χ4n) is 3.58. The molecule has 170 valence electrons.